The van der Waals surface area contributed by atoms with Crippen LogP contribution in [0.1, 0.15) is 23.7 Å². The largest absolute Gasteiger partial charge is 0.486 e. The van der Waals surface area contributed by atoms with Gasteiger partial charge in [0.05, 0.1) is 11.6 Å². The summed E-state index contributed by atoms with van der Waals surface area (Å²) in [4.78, 5) is 0. The van der Waals surface area contributed by atoms with Crippen molar-refractivity contribution in [2.75, 3.05) is 5.88 Å². The lowest BCUT2D eigenvalue weighted by Crippen LogP contribution is -2.08. The zero-order valence-corrected chi connectivity index (χ0v) is 12.2. The lowest BCUT2D eigenvalue weighted by Gasteiger charge is -2.19. The van der Waals surface area contributed by atoms with Crippen molar-refractivity contribution in [1.82, 2.24) is 0 Å². The second kappa shape index (κ2) is 7.19. The van der Waals surface area contributed by atoms with E-state index in [4.69, 9.17) is 33.2 Å². The van der Waals surface area contributed by atoms with Gasteiger partial charge in [-0.25, -0.2) is 0 Å². The van der Waals surface area contributed by atoms with Gasteiger partial charge in [0.15, 0.2) is 0 Å². The molecule has 2 nitrogen and oxygen atoms in total. The summed E-state index contributed by atoms with van der Waals surface area (Å²) in [6.07, 6.45) is 0.570. The van der Waals surface area contributed by atoms with E-state index in [2.05, 4.69) is 6.07 Å². The average Bonchev–Trinajstić information content (AvgIpc) is 2.48. The van der Waals surface area contributed by atoms with Crippen LogP contribution in [-0.4, -0.2) is 5.88 Å². The third-order valence-electron chi connectivity index (χ3n) is 2.87. The molecule has 2 aromatic carbocycles. The molecule has 4 heteroatoms. The minimum absolute atomic E-state index is 0.127. The van der Waals surface area contributed by atoms with E-state index in [1.807, 2.05) is 24.3 Å². The van der Waals surface area contributed by atoms with Crippen LogP contribution in [0.25, 0.3) is 0 Å². The molecule has 1 atom stereocenters. The van der Waals surface area contributed by atoms with E-state index in [0.717, 1.165) is 5.56 Å². The zero-order valence-electron chi connectivity index (χ0n) is 10.7. The van der Waals surface area contributed by atoms with Crippen molar-refractivity contribution in [3.05, 3.63) is 64.7 Å². The second-order valence-corrected chi connectivity index (χ2v) is 5.09. The summed E-state index contributed by atoms with van der Waals surface area (Å²) in [7, 11) is 0. The van der Waals surface area contributed by atoms with Gasteiger partial charge in [-0.05, 0) is 42.0 Å². The molecule has 20 heavy (non-hydrogen) atoms. The van der Waals surface area contributed by atoms with Crippen molar-refractivity contribution in [3.63, 3.8) is 0 Å². The smallest absolute Gasteiger partial charge is 0.125 e. The Labute approximate surface area is 128 Å². The molecule has 0 aliphatic rings. The highest BCUT2D eigenvalue weighted by atomic mass is 35.5. The normalized spacial score (nSPS) is 11.7. The first-order valence-corrected chi connectivity index (χ1v) is 7.12. The molecular weight excluding hydrogens is 293 g/mol. The van der Waals surface area contributed by atoms with Crippen LogP contribution < -0.4 is 4.74 Å². The number of benzene rings is 2. The molecule has 0 radical (unpaired) electrons. The maximum Gasteiger partial charge on any atom is 0.125 e. The third-order valence-corrected chi connectivity index (χ3v) is 3.35. The summed E-state index contributed by atoms with van der Waals surface area (Å²) < 4.78 is 5.94. The highest BCUT2D eigenvalue weighted by Crippen LogP contribution is 2.26. The number of hydrogen-bond donors (Lipinski definition) is 0. The van der Waals surface area contributed by atoms with Crippen molar-refractivity contribution in [2.45, 2.75) is 12.5 Å². The van der Waals surface area contributed by atoms with Crippen LogP contribution >= 0.6 is 23.2 Å². The van der Waals surface area contributed by atoms with Crippen molar-refractivity contribution >= 4 is 23.2 Å². The molecule has 0 aromatic heterocycles. The summed E-state index contributed by atoms with van der Waals surface area (Å²) in [5.74, 6) is 1.22. The Bertz CT molecular complexity index is 587. The molecule has 2 aromatic rings. The van der Waals surface area contributed by atoms with Gasteiger partial charge in [0.2, 0.25) is 0 Å². The number of rotatable bonds is 5. The van der Waals surface area contributed by atoms with Crippen LogP contribution in [0, 0.1) is 11.3 Å². The topological polar surface area (TPSA) is 33.0 Å². The fraction of sp³-hybridized carbons (Fsp3) is 0.188. The molecule has 0 bridgehead atoms. The second-order valence-electron chi connectivity index (χ2n) is 4.27. The van der Waals surface area contributed by atoms with Gasteiger partial charge in [0, 0.05) is 17.3 Å². The Morgan fingerprint density at radius 3 is 2.25 bits per heavy atom. The maximum atomic E-state index is 8.78. The first-order valence-electron chi connectivity index (χ1n) is 6.21. The number of nitrogens with zero attached hydrogens (tertiary/aromatic N) is 1. The minimum Gasteiger partial charge on any atom is -0.486 e. The number of halogens is 2. The quantitative estimate of drug-likeness (QED) is 0.731. The summed E-state index contributed by atoms with van der Waals surface area (Å²) in [6.45, 7) is 0. The fourth-order valence-electron chi connectivity index (χ4n) is 1.84. The first-order chi connectivity index (χ1) is 9.72. The molecule has 2 rings (SSSR count). The molecule has 0 N–H and O–H groups in total. The highest BCUT2D eigenvalue weighted by Gasteiger charge is 2.13. The summed E-state index contributed by atoms with van der Waals surface area (Å²) in [6, 6.07) is 16.7. The monoisotopic (exact) mass is 305 g/mol. The van der Waals surface area contributed by atoms with E-state index in [9.17, 15) is 0 Å². The Balaban J connectivity index is 2.16. The van der Waals surface area contributed by atoms with E-state index >= 15 is 0 Å². The van der Waals surface area contributed by atoms with Crippen LogP contribution in [0.4, 0.5) is 0 Å². The first kappa shape index (κ1) is 14.7. The van der Waals surface area contributed by atoms with Crippen molar-refractivity contribution in [1.29, 1.82) is 5.26 Å². The van der Waals surface area contributed by atoms with E-state index in [1.54, 1.807) is 24.3 Å². The summed E-state index contributed by atoms with van der Waals surface area (Å²) in [5.41, 5.74) is 1.64. The third kappa shape index (κ3) is 3.90. The van der Waals surface area contributed by atoms with E-state index < -0.39 is 0 Å². The molecular formula is C16H13Cl2NO. The minimum atomic E-state index is -0.127. The van der Waals surface area contributed by atoms with Crippen LogP contribution in [0.15, 0.2) is 48.5 Å². The molecule has 0 saturated heterocycles. The van der Waals surface area contributed by atoms with Gasteiger partial charge < -0.3 is 4.74 Å². The van der Waals surface area contributed by atoms with Crippen molar-refractivity contribution in [3.8, 4) is 11.8 Å². The van der Waals surface area contributed by atoms with Gasteiger partial charge >= 0.3 is 0 Å². The maximum absolute atomic E-state index is 8.78. The van der Waals surface area contributed by atoms with Crippen molar-refractivity contribution < 1.29 is 4.74 Å². The van der Waals surface area contributed by atoms with E-state index in [1.165, 1.54) is 0 Å². The van der Waals surface area contributed by atoms with Crippen LogP contribution in [0.2, 0.25) is 5.02 Å². The molecule has 0 spiro atoms. The molecule has 0 unspecified atom stereocenters. The number of alkyl halides is 1. The zero-order chi connectivity index (χ0) is 14.4. The Kier molecular flexibility index (Phi) is 5.29. The van der Waals surface area contributed by atoms with Gasteiger partial charge in [-0.15, -0.1) is 11.6 Å². The van der Waals surface area contributed by atoms with Gasteiger partial charge in [0.1, 0.15) is 11.9 Å². The lowest BCUT2D eigenvalue weighted by molar-refractivity contribution is 0.202. The summed E-state index contributed by atoms with van der Waals surface area (Å²) in [5, 5.41) is 9.47. The number of ether oxygens (including phenoxy) is 1. The molecule has 0 saturated carbocycles. The highest BCUT2D eigenvalue weighted by molar-refractivity contribution is 6.30. The predicted molar refractivity (Wildman–Crippen MR) is 81.3 cm³/mol. The van der Waals surface area contributed by atoms with Crippen LogP contribution in [0.5, 0.6) is 5.75 Å². The molecule has 0 aliphatic heterocycles. The molecule has 0 amide bonds. The molecule has 102 valence electrons. The molecule has 0 aliphatic carbocycles. The lowest BCUT2D eigenvalue weighted by atomic mass is 10.1. The molecule has 0 fully saturated rings. The Hall–Kier alpha value is -1.69. The Morgan fingerprint density at radius 1 is 1.05 bits per heavy atom. The molecule has 0 heterocycles. The number of nitriles is 1. The van der Waals surface area contributed by atoms with E-state index in [0.29, 0.717) is 28.6 Å². The van der Waals surface area contributed by atoms with Gasteiger partial charge in [-0.3, -0.25) is 0 Å². The average molecular weight is 306 g/mol. The summed E-state index contributed by atoms with van der Waals surface area (Å²) >= 11 is 11.7. The number of hydrogen-bond acceptors (Lipinski definition) is 2. The standard InChI is InChI=1S/C16H13Cl2NO/c17-10-9-16(13-3-5-14(18)6-4-13)20-15-7-1-12(11-19)2-8-15/h1-8,16H,9-10H2/t16-/m0/s1. The fourth-order valence-corrected chi connectivity index (χ4v) is 2.17. The van der Waals surface area contributed by atoms with Gasteiger partial charge in [0.25, 0.3) is 0 Å². The van der Waals surface area contributed by atoms with Gasteiger partial charge in [-0.1, -0.05) is 23.7 Å². The van der Waals surface area contributed by atoms with E-state index in [-0.39, 0.29) is 6.10 Å². The Morgan fingerprint density at radius 2 is 1.70 bits per heavy atom. The SMILES string of the molecule is N#Cc1ccc(O[C@@H](CCCl)c2ccc(Cl)cc2)cc1. The van der Waals surface area contributed by atoms with Crippen LogP contribution in [0.3, 0.4) is 0 Å². The van der Waals surface area contributed by atoms with Gasteiger partial charge in [-0.2, -0.15) is 5.26 Å². The van der Waals surface area contributed by atoms with Crippen molar-refractivity contribution in [2.24, 2.45) is 0 Å². The van der Waals surface area contributed by atoms with Crippen LogP contribution in [-0.2, 0) is 0 Å². The predicted octanol–water partition coefficient (Wildman–Crippen LogP) is 4.96.